The molecule has 0 aliphatic carbocycles. The fourth-order valence-electron chi connectivity index (χ4n) is 0. The summed E-state index contributed by atoms with van der Waals surface area (Å²) in [5.41, 5.74) is 0. The number of hydrogen-bond donors (Lipinski definition) is 0. The molecule has 0 aliphatic heterocycles. The first kappa shape index (κ1) is 8.82. The predicted molar refractivity (Wildman–Crippen MR) is 29.5 cm³/mol. The van der Waals surface area contributed by atoms with E-state index in [1.165, 1.54) is 0 Å². The maximum Gasteiger partial charge on any atom is -0.0285 e. The molecule has 0 bridgehead atoms. The molecule has 0 fully saturated rings. The van der Waals surface area contributed by atoms with E-state index in [4.69, 9.17) is 0 Å². The van der Waals surface area contributed by atoms with E-state index in [0.717, 1.165) is 0 Å². The van der Waals surface area contributed by atoms with Crippen molar-refractivity contribution in [2.24, 2.45) is 0 Å². The average molecular weight is 86.2 g/mol. The third-order valence-electron chi connectivity index (χ3n) is 0. The van der Waals surface area contributed by atoms with Gasteiger partial charge >= 0.3 is 0 Å². The average Bonchev–Trinajstić information content (AvgIpc) is 1.46. The summed E-state index contributed by atoms with van der Waals surface area (Å²) in [4.78, 5) is 0. The zero-order valence-electron chi connectivity index (χ0n) is 3.03. The first-order valence-corrected chi connectivity index (χ1v) is 1.47. The van der Waals surface area contributed by atoms with E-state index in [-0.39, 0.29) is 0 Å². The van der Waals surface area contributed by atoms with Crippen molar-refractivity contribution in [3.8, 4) is 0 Å². The van der Waals surface area contributed by atoms with Gasteiger partial charge in [0.15, 0.2) is 0 Å². The molecular formula is C4H6S. The van der Waals surface area contributed by atoms with E-state index < -0.39 is 0 Å². The van der Waals surface area contributed by atoms with Crippen molar-refractivity contribution in [1.82, 2.24) is 0 Å². The minimum absolute atomic E-state index is 2.08. The van der Waals surface area contributed by atoms with Gasteiger partial charge in [0.1, 0.15) is 0 Å². The van der Waals surface area contributed by atoms with Crippen LogP contribution < -0.4 is 0 Å². The number of thiocarbonyl (C=S) groups is 1. The fourth-order valence-corrected chi connectivity index (χ4v) is 0. The molecule has 0 aromatic carbocycles. The summed E-state index contributed by atoms with van der Waals surface area (Å²) in [6.07, 6.45) is 0. The molecule has 28 valence electrons. The van der Waals surface area contributed by atoms with Crippen molar-refractivity contribution in [3.63, 3.8) is 0 Å². The van der Waals surface area contributed by atoms with Crippen LogP contribution in [-0.2, 0) is 0 Å². The van der Waals surface area contributed by atoms with Gasteiger partial charge in [-0.05, 0) is 18.8 Å². The lowest BCUT2D eigenvalue weighted by atomic mass is 11.3. The summed E-state index contributed by atoms with van der Waals surface area (Å²) in [7, 11) is 0. The monoisotopic (exact) mass is 86.0 g/mol. The van der Waals surface area contributed by atoms with Gasteiger partial charge in [0.05, 0.1) is 0 Å². The van der Waals surface area contributed by atoms with Crippen molar-refractivity contribution in [2.75, 3.05) is 0 Å². The van der Waals surface area contributed by atoms with Crippen molar-refractivity contribution < 1.29 is 0 Å². The Bertz CT molecular complexity index is 32.9. The minimum atomic E-state index is 2.08. The van der Waals surface area contributed by atoms with Crippen molar-refractivity contribution in [2.45, 2.75) is 0 Å². The minimum Gasteiger partial charge on any atom is -0.106 e. The second-order valence-electron chi connectivity index (χ2n) is 0.144. The Morgan fingerprint density at radius 3 is 1.40 bits per heavy atom. The van der Waals surface area contributed by atoms with E-state index in [1.54, 1.807) is 0 Å². The van der Waals surface area contributed by atoms with Crippen LogP contribution in [0.25, 0.3) is 0 Å². The lowest BCUT2D eigenvalue weighted by Crippen LogP contribution is -1.01. The van der Waals surface area contributed by atoms with Gasteiger partial charge in [0.25, 0.3) is 0 Å². The molecule has 0 saturated carbocycles. The molecule has 0 aromatic rings. The normalized spacial score (nSPS) is 2.40. The van der Waals surface area contributed by atoms with Gasteiger partial charge < -0.3 is 0 Å². The van der Waals surface area contributed by atoms with Gasteiger partial charge in [-0.3, -0.25) is 0 Å². The van der Waals surface area contributed by atoms with Crippen molar-refractivity contribution >= 4 is 17.2 Å². The van der Waals surface area contributed by atoms with E-state index >= 15 is 0 Å². The fraction of sp³-hybridized carbons (Fsp3) is 0. The van der Waals surface area contributed by atoms with Crippen LogP contribution in [0.3, 0.4) is 0 Å². The Balaban J connectivity index is 0. The molecule has 0 aromatic heterocycles. The maximum absolute atomic E-state index is 4.03. The van der Waals surface area contributed by atoms with Gasteiger partial charge in [-0.25, -0.2) is 0 Å². The number of hydrogen-bond acceptors (Lipinski definition) is 1. The topological polar surface area (TPSA) is 0 Å². The molecule has 1 heteroatoms. The predicted octanol–water partition coefficient (Wildman–Crippen LogP) is 1.57. The quantitative estimate of drug-likeness (QED) is 0.318. The van der Waals surface area contributed by atoms with Crippen LogP contribution in [0.5, 0.6) is 0 Å². The highest BCUT2D eigenvalue weighted by Gasteiger charge is 0.955. The highest BCUT2D eigenvalue weighted by molar-refractivity contribution is 7.78. The molecule has 0 atom stereocenters. The summed E-state index contributed by atoms with van der Waals surface area (Å²) in [6, 6.07) is 0. The van der Waals surface area contributed by atoms with E-state index in [1.807, 2.05) is 0 Å². The molecule has 0 radical (unpaired) electrons. The second-order valence-corrected chi connectivity index (χ2v) is 0.433. The van der Waals surface area contributed by atoms with Crippen LogP contribution in [0, 0.1) is 0 Å². The zero-order valence-corrected chi connectivity index (χ0v) is 3.85. The molecule has 0 N–H and O–H groups in total. The van der Waals surface area contributed by atoms with E-state index in [0.29, 0.717) is 0 Å². The summed E-state index contributed by atoms with van der Waals surface area (Å²) >= 11 is 4.03. The molecule has 0 nitrogen and oxygen atoms in total. The molecule has 0 saturated heterocycles. The highest BCUT2D eigenvalue weighted by atomic mass is 32.1. The third-order valence-corrected chi connectivity index (χ3v) is 0. The summed E-state index contributed by atoms with van der Waals surface area (Å²) < 4.78 is 0. The Hall–Kier alpha value is -0.390. The van der Waals surface area contributed by atoms with E-state index in [9.17, 15) is 0 Å². The van der Waals surface area contributed by atoms with Crippen LogP contribution in [0.15, 0.2) is 19.7 Å². The molecule has 5 heavy (non-hydrogen) atoms. The molecule has 0 unspecified atom stereocenters. The molecule has 0 aliphatic rings. The maximum atomic E-state index is 4.03. The Labute approximate surface area is 37.8 Å². The molecule has 0 rings (SSSR count). The number of rotatable bonds is 0. The van der Waals surface area contributed by atoms with E-state index in [2.05, 4.69) is 37.0 Å². The standard InChI is InChI=1S/C2H2S.C2H4/c1-2-3;1-2/h1H2;1-2H2. The van der Waals surface area contributed by atoms with Gasteiger partial charge in [-0.2, -0.15) is 0 Å². The Kier molecular flexibility index (Phi) is 117. The van der Waals surface area contributed by atoms with Gasteiger partial charge in [0, 0.05) is 0 Å². The second kappa shape index (κ2) is 66.1. The van der Waals surface area contributed by atoms with Crippen LogP contribution in [-0.4, -0.2) is 5.02 Å². The van der Waals surface area contributed by atoms with Gasteiger partial charge in [-0.1, -0.05) is 5.02 Å². The van der Waals surface area contributed by atoms with Crippen molar-refractivity contribution in [1.29, 1.82) is 0 Å². The van der Waals surface area contributed by atoms with Crippen molar-refractivity contribution in [3.05, 3.63) is 19.7 Å². The molecule has 0 spiro atoms. The van der Waals surface area contributed by atoms with Crippen LogP contribution in [0.1, 0.15) is 0 Å². The lowest BCUT2D eigenvalue weighted by molar-refractivity contribution is 2.81. The largest absolute Gasteiger partial charge is 0.106 e. The Morgan fingerprint density at radius 1 is 1.40 bits per heavy atom. The van der Waals surface area contributed by atoms with Gasteiger partial charge in [0.2, 0.25) is 0 Å². The van der Waals surface area contributed by atoms with Crippen LogP contribution >= 0.6 is 12.2 Å². The summed E-state index contributed by atoms with van der Waals surface area (Å²) in [5.74, 6) is 0. The lowest BCUT2D eigenvalue weighted by Gasteiger charge is -1.04. The van der Waals surface area contributed by atoms with Crippen LogP contribution in [0.2, 0.25) is 0 Å². The van der Waals surface area contributed by atoms with Crippen LogP contribution in [0.4, 0.5) is 0 Å². The molecule has 0 heterocycles. The highest BCUT2D eigenvalue weighted by Crippen LogP contribution is 1.17. The zero-order chi connectivity index (χ0) is 4.71. The SMILES string of the molecule is C=C.C=C=S. The molecule has 0 amide bonds. The smallest absolute Gasteiger partial charge is 0.0285 e. The third kappa shape index (κ3) is 61.5. The summed E-state index contributed by atoms with van der Waals surface area (Å²) in [5, 5.41) is 2.08. The summed E-state index contributed by atoms with van der Waals surface area (Å²) in [6.45, 7) is 9.05. The van der Waals surface area contributed by atoms with Gasteiger partial charge in [-0.15, -0.1) is 13.2 Å². The first-order chi connectivity index (χ1) is 2.41. The first-order valence-electron chi connectivity index (χ1n) is 1.06. The molecular weight excluding hydrogens is 80.1 g/mol. The Morgan fingerprint density at radius 2 is 1.40 bits per heavy atom.